The van der Waals surface area contributed by atoms with Gasteiger partial charge in [-0.25, -0.2) is 9.97 Å². The number of hydrogen-bond acceptors (Lipinski definition) is 3. The Balaban J connectivity index is 1.38. The predicted octanol–water partition coefficient (Wildman–Crippen LogP) is 4.03. The van der Waals surface area contributed by atoms with Crippen LogP contribution < -0.4 is 5.32 Å². The first-order chi connectivity index (χ1) is 12.2. The molecule has 1 aromatic heterocycles. The number of aromatic nitrogens is 2. The summed E-state index contributed by atoms with van der Waals surface area (Å²) < 4.78 is 38.6. The van der Waals surface area contributed by atoms with Crippen LogP contribution in [0.5, 0.6) is 0 Å². The number of carbonyl (C=O) groups excluding carboxylic acids is 1. The van der Waals surface area contributed by atoms with Crippen molar-refractivity contribution < 1.29 is 18.0 Å². The van der Waals surface area contributed by atoms with E-state index in [1.807, 2.05) is 0 Å². The lowest BCUT2D eigenvalue weighted by atomic mass is 9.49. The number of halogens is 3. The third-order valence-electron chi connectivity index (χ3n) is 6.34. The van der Waals surface area contributed by atoms with Gasteiger partial charge in [-0.05, 0) is 74.7 Å². The van der Waals surface area contributed by atoms with Gasteiger partial charge in [0.15, 0.2) is 0 Å². The maximum absolute atomic E-state index is 12.9. The summed E-state index contributed by atoms with van der Waals surface area (Å²) in [6.45, 7) is 1.44. The summed E-state index contributed by atoms with van der Waals surface area (Å²) in [5, 5.41) is 2.75. The zero-order valence-corrected chi connectivity index (χ0v) is 14.9. The van der Waals surface area contributed by atoms with Crippen LogP contribution in [-0.4, -0.2) is 15.9 Å². The molecule has 0 radical (unpaired) electrons. The zero-order chi connectivity index (χ0) is 18.5. The van der Waals surface area contributed by atoms with Gasteiger partial charge in [0.05, 0.1) is 6.54 Å². The first-order valence-electron chi connectivity index (χ1n) is 9.39. The average Bonchev–Trinajstić information content (AvgIpc) is 2.50. The molecule has 0 saturated heterocycles. The molecule has 1 amide bonds. The molecule has 0 unspecified atom stereocenters. The Labute approximate surface area is 151 Å². The topological polar surface area (TPSA) is 54.9 Å². The van der Waals surface area contributed by atoms with Gasteiger partial charge < -0.3 is 5.32 Å². The number of rotatable bonds is 4. The first kappa shape index (κ1) is 17.7. The summed E-state index contributed by atoms with van der Waals surface area (Å²) in [6, 6.07) is 0.917. The average molecular weight is 367 g/mol. The molecule has 1 heterocycles. The molecule has 1 N–H and O–H groups in total. The number of hydrogen-bond donors (Lipinski definition) is 1. The number of amides is 1. The van der Waals surface area contributed by atoms with E-state index < -0.39 is 11.9 Å². The second-order valence-electron chi connectivity index (χ2n) is 8.68. The second kappa shape index (κ2) is 6.20. The van der Waals surface area contributed by atoms with Crippen LogP contribution in [0, 0.1) is 30.1 Å². The van der Waals surface area contributed by atoms with Crippen molar-refractivity contribution in [1.82, 2.24) is 15.3 Å². The van der Waals surface area contributed by atoms with Gasteiger partial charge in [0, 0.05) is 12.1 Å². The summed E-state index contributed by atoms with van der Waals surface area (Å²) >= 11 is 0. The predicted molar refractivity (Wildman–Crippen MR) is 88.8 cm³/mol. The Morgan fingerprint density at radius 2 is 1.73 bits per heavy atom. The van der Waals surface area contributed by atoms with E-state index in [-0.39, 0.29) is 29.4 Å². The molecular formula is C19H24F3N3O. The zero-order valence-electron chi connectivity index (χ0n) is 14.9. The van der Waals surface area contributed by atoms with Crippen LogP contribution >= 0.6 is 0 Å². The number of alkyl halides is 3. The minimum absolute atomic E-state index is 0.0104. The van der Waals surface area contributed by atoms with Gasteiger partial charge in [-0.15, -0.1) is 0 Å². The van der Waals surface area contributed by atoms with E-state index in [1.165, 1.54) is 26.2 Å². The number of nitrogens with zero attached hydrogens (tertiary/aromatic N) is 2. The molecule has 4 nitrogen and oxygen atoms in total. The summed E-state index contributed by atoms with van der Waals surface area (Å²) in [5.41, 5.74) is -0.600. The monoisotopic (exact) mass is 367 g/mol. The van der Waals surface area contributed by atoms with Crippen molar-refractivity contribution in [3.63, 3.8) is 0 Å². The Morgan fingerprint density at radius 3 is 2.27 bits per heavy atom. The normalized spacial score (nSPS) is 32.7. The van der Waals surface area contributed by atoms with Crippen LogP contribution in [0.1, 0.15) is 62.2 Å². The Morgan fingerprint density at radius 1 is 1.15 bits per heavy atom. The van der Waals surface area contributed by atoms with E-state index in [4.69, 9.17) is 0 Å². The molecule has 4 saturated carbocycles. The van der Waals surface area contributed by atoms with Gasteiger partial charge in [0.25, 0.3) is 0 Å². The molecule has 26 heavy (non-hydrogen) atoms. The largest absolute Gasteiger partial charge is 0.433 e. The van der Waals surface area contributed by atoms with Gasteiger partial charge in [-0.2, -0.15) is 13.2 Å². The molecule has 4 aliphatic rings. The molecular weight excluding hydrogens is 343 g/mol. The van der Waals surface area contributed by atoms with E-state index in [0.717, 1.165) is 43.1 Å². The van der Waals surface area contributed by atoms with Gasteiger partial charge in [-0.3, -0.25) is 4.79 Å². The molecule has 0 aromatic carbocycles. The fraction of sp³-hybridized carbons (Fsp3) is 0.737. The molecule has 4 aliphatic carbocycles. The quantitative estimate of drug-likeness (QED) is 0.874. The van der Waals surface area contributed by atoms with Gasteiger partial charge in [-0.1, -0.05) is 0 Å². The van der Waals surface area contributed by atoms with E-state index in [1.54, 1.807) is 0 Å². The number of nitrogens with one attached hydrogen (secondary N) is 1. The molecule has 7 heteroatoms. The van der Waals surface area contributed by atoms with Crippen molar-refractivity contribution in [2.24, 2.45) is 23.2 Å². The highest BCUT2D eigenvalue weighted by Gasteiger charge is 2.51. The summed E-state index contributed by atoms with van der Waals surface area (Å²) in [5.74, 6) is 2.22. The highest BCUT2D eigenvalue weighted by Crippen LogP contribution is 2.61. The Hall–Kier alpha value is -1.66. The molecule has 142 valence electrons. The number of carbonyl (C=O) groups is 1. The Bertz CT molecular complexity index is 681. The van der Waals surface area contributed by atoms with Crippen molar-refractivity contribution >= 4 is 5.91 Å². The van der Waals surface area contributed by atoms with Crippen molar-refractivity contribution in [1.29, 1.82) is 0 Å². The van der Waals surface area contributed by atoms with Crippen LogP contribution in [0.15, 0.2) is 6.07 Å². The molecule has 5 rings (SSSR count). The lowest BCUT2D eigenvalue weighted by Gasteiger charge is -2.56. The van der Waals surface area contributed by atoms with E-state index >= 15 is 0 Å². The minimum Gasteiger partial charge on any atom is -0.349 e. The standard InChI is InChI=1S/C19H24F3N3O/c1-11-2-15(19(20,21)22)25-16(24-11)10-23-17(26)9-18-6-12-3-13(7-18)5-14(4-12)8-18/h2,12-14H,3-10H2,1H3,(H,23,26). The lowest BCUT2D eigenvalue weighted by molar-refractivity contribution is -0.141. The van der Waals surface area contributed by atoms with E-state index in [2.05, 4.69) is 15.3 Å². The lowest BCUT2D eigenvalue weighted by Crippen LogP contribution is -2.48. The second-order valence-corrected chi connectivity index (χ2v) is 8.68. The number of aryl methyl sites for hydroxylation is 1. The molecule has 0 aliphatic heterocycles. The minimum atomic E-state index is -4.51. The molecule has 0 atom stereocenters. The van der Waals surface area contributed by atoms with Gasteiger partial charge in [0.1, 0.15) is 11.5 Å². The third-order valence-corrected chi connectivity index (χ3v) is 6.34. The maximum Gasteiger partial charge on any atom is 0.433 e. The van der Waals surface area contributed by atoms with Crippen molar-refractivity contribution in [2.45, 2.75) is 64.6 Å². The summed E-state index contributed by atoms with van der Waals surface area (Å²) in [7, 11) is 0. The van der Waals surface area contributed by atoms with Crippen molar-refractivity contribution in [2.75, 3.05) is 0 Å². The van der Waals surface area contributed by atoms with Gasteiger partial charge >= 0.3 is 6.18 Å². The molecule has 4 bridgehead atoms. The highest BCUT2D eigenvalue weighted by atomic mass is 19.4. The van der Waals surface area contributed by atoms with E-state index in [9.17, 15) is 18.0 Å². The highest BCUT2D eigenvalue weighted by molar-refractivity contribution is 5.76. The van der Waals surface area contributed by atoms with Crippen LogP contribution in [0.4, 0.5) is 13.2 Å². The van der Waals surface area contributed by atoms with Crippen LogP contribution in [0.2, 0.25) is 0 Å². The van der Waals surface area contributed by atoms with Crippen LogP contribution in [-0.2, 0) is 17.5 Å². The summed E-state index contributed by atoms with van der Waals surface area (Å²) in [6.07, 6.45) is 3.32. The fourth-order valence-electron chi connectivity index (χ4n) is 5.94. The molecule has 1 aromatic rings. The third kappa shape index (κ3) is 3.58. The smallest absolute Gasteiger partial charge is 0.349 e. The fourth-order valence-corrected chi connectivity index (χ4v) is 5.94. The summed E-state index contributed by atoms with van der Waals surface area (Å²) in [4.78, 5) is 20.1. The molecule has 4 fully saturated rings. The van der Waals surface area contributed by atoms with Crippen molar-refractivity contribution in [3.8, 4) is 0 Å². The Kier molecular flexibility index (Phi) is 4.23. The SMILES string of the molecule is Cc1cc(C(F)(F)F)nc(CNC(=O)CC23CC4CC(CC(C4)C2)C3)n1. The first-order valence-corrected chi connectivity index (χ1v) is 9.39. The molecule has 0 spiro atoms. The maximum atomic E-state index is 12.9. The van der Waals surface area contributed by atoms with Crippen LogP contribution in [0.3, 0.4) is 0 Å². The van der Waals surface area contributed by atoms with Crippen molar-refractivity contribution in [3.05, 3.63) is 23.3 Å². The van der Waals surface area contributed by atoms with Gasteiger partial charge in [0.2, 0.25) is 5.91 Å². The van der Waals surface area contributed by atoms with E-state index in [0.29, 0.717) is 6.42 Å². The van der Waals surface area contributed by atoms with Crippen LogP contribution in [0.25, 0.3) is 0 Å².